The summed E-state index contributed by atoms with van der Waals surface area (Å²) in [6, 6.07) is 10.4. The van der Waals surface area contributed by atoms with Gasteiger partial charge in [-0.25, -0.2) is 4.79 Å². The Morgan fingerprint density at radius 1 is 1.28 bits per heavy atom. The molecule has 2 fully saturated rings. The van der Waals surface area contributed by atoms with Gasteiger partial charge >= 0.3 is 5.97 Å². The first-order valence-electron chi connectivity index (χ1n) is 9.40. The molecule has 25 heavy (non-hydrogen) atoms. The highest BCUT2D eigenvalue weighted by atomic mass is 16.6. The van der Waals surface area contributed by atoms with Crippen molar-refractivity contribution in [3.8, 4) is 0 Å². The van der Waals surface area contributed by atoms with E-state index in [1.54, 1.807) is 6.92 Å². The van der Waals surface area contributed by atoms with Gasteiger partial charge in [-0.15, -0.1) is 0 Å². The van der Waals surface area contributed by atoms with E-state index in [9.17, 15) is 4.79 Å². The molecule has 1 aromatic rings. The summed E-state index contributed by atoms with van der Waals surface area (Å²) in [6.07, 6.45) is 3.75. The van der Waals surface area contributed by atoms with Crippen molar-refractivity contribution >= 4 is 5.97 Å². The fraction of sp³-hybridized carbons (Fsp3) is 0.650. The summed E-state index contributed by atoms with van der Waals surface area (Å²) in [5.74, 6) is -0.262. The Labute approximate surface area is 150 Å². The lowest BCUT2D eigenvalue weighted by Gasteiger charge is -2.24. The molecule has 0 spiro atoms. The Balaban J connectivity index is 1.36. The molecule has 0 radical (unpaired) electrons. The molecule has 0 N–H and O–H groups in total. The van der Waals surface area contributed by atoms with Crippen molar-refractivity contribution in [3.63, 3.8) is 0 Å². The zero-order valence-corrected chi connectivity index (χ0v) is 15.1. The fourth-order valence-corrected chi connectivity index (χ4v) is 3.40. The molecule has 3 rings (SSSR count). The Bertz CT molecular complexity index is 530. The van der Waals surface area contributed by atoms with Crippen molar-refractivity contribution in [1.29, 1.82) is 0 Å². The molecule has 2 unspecified atom stereocenters. The number of esters is 1. The fourth-order valence-electron chi connectivity index (χ4n) is 3.40. The molecular weight excluding hydrogens is 318 g/mol. The number of carbonyl (C=O) groups excluding carboxylic acids is 1. The van der Waals surface area contributed by atoms with Crippen molar-refractivity contribution in [1.82, 2.24) is 4.90 Å². The number of hydrogen-bond donors (Lipinski definition) is 0. The summed E-state index contributed by atoms with van der Waals surface area (Å²) in [5, 5.41) is 0. The highest BCUT2D eigenvalue weighted by molar-refractivity contribution is 5.74. The SMILES string of the molecule is CC(OCC1CCCCO1)C(=O)O[C@@H]1CCN(Cc2ccccc2)C1. The number of ether oxygens (including phenoxy) is 3. The van der Waals surface area contributed by atoms with Crippen LogP contribution in [0.2, 0.25) is 0 Å². The molecular formula is C20H29NO4. The van der Waals surface area contributed by atoms with Gasteiger partial charge in [-0.1, -0.05) is 30.3 Å². The minimum Gasteiger partial charge on any atom is -0.459 e. The van der Waals surface area contributed by atoms with Crippen LogP contribution < -0.4 is 0 Å². The van der Waals surface area contributed by atoms with Gasteiger partial charge in [0, 0.05) is 26.2 Å². The van der Waals surface area contributed by atoms with Gasteiger partial charge in [-0.2, -0.15) is 0 Å². The first kappa shape index (κ1) is 18.4. The Kier molecular flexibility index (Phi) is 6.84. The third-order valence-corrected chi connectivity index (χ3v) is 4.90. The number of rotatable bonds is 7. The van der Waals surface area contributed by atoms with Crippen molar-refractivity contribution in [2.75, 3.05) is 26.3 Å². The molecule has 2 aliphatic rings. The van der Waals surface area contributed by atoms with Gasteiger partial charge in [0.2, 0.25) is 0 Å². The molecule has 5 nitrogen and oxygen atoms in total. The lowest BCUT2D eigenvalue weighted by molar-refractivity contribution is -0.164. The zero-order chi connectivity index (χ0) is 17.5. The molecule has 0 amide bonds. The molecule has 138 valence electrons. The summed E-state index contributed by atoms with van der Waals surface area (Å²) in [4.78, 5) is 14.6. The summed E-state index contributed by atoms with van der Waals surface area (Å²) in [6.45, 7) is 5.69. The minimum atomic E-state index is -0.534. The maximum absolute atomic E-state index is 12.2. The number of nitrogens with zero attached hydrogens (tertiary/aromatic N) is 1. The van der Waals surface area contributed by atoms with Crippen LogP contribution in [0.15, 0.2) is 30.3 Å². The molecule has 2 saturated heterocycles. The first-order chi connectivity index (χ1) is 12.2. The van der Waals surface area contributed by atoms with Gasteiger partial charge in [0.15, 0.2) is 6.10 Å². The number of hydrogen-bond acceptors (Lipinski definition) is 5. The van der Waals surface area contributed by atoms with E-state index in [4.69, 9.17) is 14.2 Å². The third-order valence-electron chi connectivity index (χ3n) is 4.90. The monoisotopic (exact) mass is 347 g/mol. The largest absolute Gasteiger partial charge is 0.459 e. The standard InChI is InChI=1S/C20H29NO4/c1-16(24-15-19-9-5-6-12-23-19)20(22)25-18-10-11-21(14-18)13-17-7-3-2-4-8-17/h2-4,7-8,16,18-19H,5-6,9-15H2,1H3/t16?,18-,19?/m1/s1. The normalized spacial score (nSPS) is 25.6. The van der Waals surface area contributed by atoms with Crippen LogP contribution in [-0.2, 0) is 25.5 Å². The summed E-state index contributed by atoms with van der Waals surface area (Å²) >= 11 is 0. The maximum Gasteiger partial charge on any atom is 0.335 e. The Hall–Kier alpha value is -1.43. The smallest absolute Gasteiger partial charge is 0.335 e. The molecule has 3 atom stereocenters. The van der Waals surface area contributed by atoms with Gasteiger partial charge in [0.05, 0.1) is 12.7 Å². The molecule has 5 heteroatoms. The van der Waals surface area contributed by atoms with Gasteiger partial charge in [-0.3, -0.25) is 4.90 Å². The van der Waals surface area contributed by atoms with Crippen molar-refractivity contribution in [2.45, 2.75) is 57.5 Å². The van der Waals surface area contributed by atoms with Crippen LogP contribution in [0.5, 0.6) is 0 Å². The minimum absolute atomic E-state index is 0.0341. The van der Waals surface area contributed by atoms with Crippen molar-refractivity contribution < 1.29 is 19.0 Å². The Morgan fingerprint density at radius 2 is 2.12 bits per heavy atom. The number of likely N-dealkylation sites (tertiary alicyclic amines) is 1. The highest BCUT2D eigenvalue weighted by Gasteiger charge is 2.28. The maximum atomic E-state index is 12.2. The second kappa shape index (κ2) is 9.32. The van der Waals surface area contributed by atoms with Crippen LogP contribution in [0, 0.1) is 0 Å². The molecule has 2 aliphatic heterocycles. The predicted octanol–water partition coefficient (Wildman–Crippen LogP) is 2.78. The summed E-state index contributed by atoms with van der Waals surface area (Å²) in [7, 11) is 0. The highest BCUT2D eigenvalue weighted by Crippen LogP contribution is 2.17. The van der Waals surface area contributed by atoms with Crippen LogP contribution in [-0.4, -0.2) is 55.5 Å². The molecule has 0 bridgehead atoms. The number of benzene rings is 1. The van der Waals surface area contributed by atoms with Gasteiger partial charge < -0.3 is 14.2 Å². The average Bonchev–Trinajstić information content (AvgIpc) is 3.08. The topological polar surface area (TPSA) is 48.0 Å². The lowest BCUT2D eigenvalue weighted by Crippen LogP contribution is -2.33. The van der Waals surface area contributed by atoms with E-state index < -0.39 is 6.10 Å². The van der Waals surface area contributed by atoms with Crippen LogP contribution in [0.3, 0.4) is 0 Å². The molecule has 0 aromatic heterocycles. The molecule has 2 heterocycles. The number of carbonyl (C=O) groups is 1. The van der Waals surface area contributed by atoms with Crippen LogP contribution >= 0.6 is 0 Å². The predicted molar refractivity (Wildman–Crippen MR) is 95.2 cm³/mol. The van der Waals surface area contributed by atoms with E-state index in [0.29, 0.717) is 6.61 Å². The summed E-state index contributed by atoms with van der Waals surface area (Å²) in [5.41, 5.74) is 1.29. The summed E-state index contributed by atoms with van der Waals surface area (Å²) < 4.78 is 16.9. The third kappa shape index (κ3) is 5.80. The van der Waals surface area contributed by atoms with E-state index in [1.807, 2.05) is 6.07 Å². The van der Waals surface area contributed by atoms with E-state index in [-0.39, 0.29) is 18.2 Å². The zero-order valence-electron chi connectivity index (χ0n) is 15.1. The van der Waals surface area contributed by atoms with Crippen LogP contribution in [0.25, 0.3) is 0 Å². The second-order valence-corrected chi connectivity index (χ2v) is 7.03. The van der Waals surface area contributed by atoms with Crippen LogP contribution in [0.1, 0.15) is 38.2 Å². The quantitative estimate of drug-likeness (QED) is 0.710. The van der Waals surface area contributed by atoms with Gasteiger partial charge in [0.1, 0.15) is 6.10 Å². The first-order valence-corrected chi connectivity index (χ1v) is 9.40. The van der Waals surface area contributed by atoms with Crippen molar-refractivity contribution in [2.24, 2.45) is 0 Å². The molecule has 0 aliphatic carbocycles. The average molecular weight is 347 g/mol. The molecule has 0 saturated carbocycles. The van der Waals surface area contributed by atoms with E-state index in [2.05, 4.69) is 29.2 Å². The van der Waals surface area contributed by atoms with E-state index in [0.717, 1.165) is 45.5 Å². The molecule has 1 aromatic carbocycles. The second-order valence-electron chi connectivity index (χ2n) is 7.03. The lowest BCUT2D eigenvalue weighted by atomic mass is 10.1. The Morgan fingerprint density at radius 3 is 2.88 bits per heavy atom. The van der Waals surface area contributed by atoms with Gasteiger partial charge in [0.25, 0.3) is 0 Å². The van der Waals surface area contributed by atoms with E-state index >= 15 is 0 Å². The van der Waals surface area contributed by atoms with Gasteiger partial charge in [-0.05, 0) is 38.2 Å². The van der Waals surface area contributed by atoms with Crippen molar-refractivity contribution in [3.05, 3.63) is 35.9 Å². The van der Waals surface area contributed by atoms with E-state index in [1.165, 1.54) is 12.0 Å². The van der Waals surface area contributed by atoms with Crippen LogP contribution in [0.4, 0.5) is 0 Å².